The molecule has 1 N–H and O–H groups in total. The van der Waals surface area contributed by atoms with Crippen molar-refractivity contribution in [2.45, 2.75) is 19.1 Å². The summed E-state index contributed by atoms with van der Waals surface area (Å²) in [6.45, 7) is 3.75. The molecule has 1 aliphatic rings. The third-order valence-electron chi connectivity index (χ3n) is 3.10. The van der Waals surface area contributed by atoms with E-state index in [1.165, 1.54) is 6.07 Å². The number of nitrogens with one attached hydrogen (secondary N) is 1. The first-order valence-corrected chi connectivity index (χ1v) is 5.85. The van der Waals surface area contributed by atoms with Gasteiger partial charge in [-0.15, -0.1) is 0 Å². The molecule has 2 atom stereocenters. The summed E-state index contributed by atoms with van der Waals surface area (Å²) in [4.78, 5) is 0. The van der Waals surface area contributed by atoms with E-state index in [9.17, 15) is 4.39 Å². The second-order valence-corrected chi connectivity index (χ2v) is 4.25. The van der Waals surface area contributed by atoms with E-state index in [1.54, 1.807) is 12.1 Å². The van der Waals surface area contributed by atoms with Gasteiger partial charge < -0.3 is 14.8 Å². The maximum atomic E-state index is 13.3. The van der Waals surface area contributed by atoms with E-state index in [2.05, 4.69) is 5.32 Å². The Morgan fingerprint density at radius 2 is 2.24 bits per heavy atom. The molecule has 1 heterocycles. The van der Waals surface area contributed by atoms with Crippen molar-refractivity contribution in [3.05, 3.63) is 35.1 Å². The van der Waals surface area contributed by atoms with Crippen molar-refractivity contribution in [3.8, 4) is 0 Å². The Bertz CT molecular complexity index is 378. The molecule has 17 heavy (non-hydrogen) atoms. The van der Waals surface area contributed by atoms with Crippen LogP contribution in [-0.4, -0.2) is 33.0 Å². The van der Waals surface area contributed by atoms with Crippen LogP contribution < -0.4 is 5.32 Å². The van der Waals surface area contributed by atoms with Gasteiger partial charge in [-0.3, -0.25) is 0 Å². The second-order valence-electron chi connectivity index (χ2n) is 4.25. The van der Waals surface area contributed by atoms with E-state index >= 15 is 0 Å². The molecular formula is C13H18FNO2. The van der Waals surface area contributed by atoms with E-state index in [4.69, 9.17) is 9.47 Å². The molecule has 1 fully saturated rings. The lowest BCUT2D eigenvalue weighted by Gasteiger charge is -2.31. The molecule has 0 spiro atoms. The summed E-state index contributed by atoms with van der Waals surface area (Å²) < 4.78 is 24.4. The quantitative estimate of drug-likeness (QED) is 0.872. The monoisotopic (exact) mass is 239 g/mol. The Hall–Kier alpha value is -0.970. The standard InChI is InChI=1S/C13H18FNO2/c1-9-3-4-10(14)7-11(9)13(15-2)12-8-16-5-6-17-12/h3-4,7,12-13,15H,5-6,8H2,1-2H3. The second kappa shape index (κ2) is 5.58. The van der Waals surface area contributed by atoms with Gasteiger partial charge in [0.1, 0.15) is 11.9 Å². The summed E-state index contributed by atoms with van der Waals surface area (Å²) in [5, 5.41) is 3.18. The van der Waals surface area contributed by atoms with Crippen LogP contribution in [-0.2, 0) is 9.47 Å². The van der Waals surface area contributed by atoms with Crippen LogP contribution in [0.5, 0.6) is 0 Å². The largest absolute Gasteiger partial charge is 0.376 e. The van der Waals surface area contributed by atoms with Gasteiger partial charge in [-0.25, -0.2) is 4.39 Å². The molecule has 2 rings (SSSR count). The molecule has 0 amide bonds. The summed E-state index contributed by atoms with van der Waals surface area (Å²) in [7, 11) is 1.85. The Balaban J connectivity index is 2.24. The predicted molar refractivity (Wildman–Crippen MR) is 63.5 cm³/mol. The van der Waals surface area contributed by atoms with Gasteiger partial charge in [-0.1, -0.05) is 6.07 Å². The third kappa shape index (κ3) is 2.83. The first-order valence-electron chi connectivity index (χ1n) is 5.85. The third-order valence-corrected chi connectivity index (χ3v) is 3.10. The predicted octanol–water partition coefficient (Wildman–Crippen LogP) is 1.81. The van der Waals surface area contributed by atoms with Crippen LogP contribution in [0.25, 0.3) is 0 Å². The summed E-state index contributed by atoms with van der Waals surface area (Å²) >= 11 is 0. The van der Waals surface area contributed by atoms with Crippen LogP contribution in [0.2, 0.25) is 0 Å². The highest BCUT2D eigenvalue weighted by atomic mass is 19.1. The molecule has 0 bridgehead atoms. The van der Waals surface area contributed by atoms with Crippen LogP contribution in [0, 0.1) is 12.7 Å². The van der Waals surface area contributed by atoms with Crippen LogP contribution in [0.15, 0.2) is 18.2 Å². The lowest BCUT2D eigenvalue weighted by molar-refractivity contribution is -0.101. The average Bonchev–Trinajstić information content (AvgIpc) is 2.36. The summed E-state index contributed by atoms with van der Waals surface area (Å²) in [6.07, 6.45) is -0.0609. The van der Waals surface area contributed by atoms with Gasteiger partial charge in [0.25, 0.3) is 0 Å². The van der Waals surface area contributed by atoms with Crippen molar-refractivity contribution in [3.63, 3.8) is 0 Å². The number of aryl methyl sites for hydroxylation is 1. The molecule has 1 aromatic rings. The van der Waals surface area contributed by atoms with E-state index in [1.807, 2.05) is 14.0 Å². The molecule has 1 aliphatic heterocycles. The summed E-state index contributed by atoms with van der Waals surface area (Å²) in [6, 6.07) is 4.79. The van der Waals surface area contributed by atoms with Crippen molar-refractivity contribution in [1.82, 2.24) is 5.32 Å². The number of ether oxygens (including phenoxy) is 2. The van der Waals surface area contributed by atoms with Gasteiger partial charge in [0.15, 0.2) is 0 Å². The zero-order valence-electron chi connectivity index (χ0n) is 10.2. The Morgan fingerprint density at radius 1 is 1.41 bits per heavy atom. The maximum Gasteiger partial charge on any atom is 0.123 e. The van der Waals surface area contributed by atoms with E-state index in [-0.39, 0.29) is 18.0 Å². The number of hydrogen-bond acceptors (Lipinski definition) is 3. The zero-order valence-corrected chi connectivity index (χ0v) is 10.2. The minimum atomic E-state index is -0.220. The Morgan fingerprint density at radius 3 is 2.88 bits per heavy atom. The number of likely N-dealkylation sites (N-methyl/N-ethyl adjacent to an activating group) is 1. The minimum Gasteiger partial charge on any atom is -0.376 e. The molecule has 4 heteroatoms. The van der Waals surface area contributed by atoms with Crippen LogP contribution in [0.3, 0.4) is 0 Å². The van der Waals surface area contributed by atoms with Crippen molar-refractivity contribution in [2.75, 3.05) is 26.9 Å². The fourth-order valence-electron chi connectivity index (χ4n) is 2.19. The number of halogens is 1. The summed E-state index contributed by atoms with van der Waals surface area (Å²) in [5.74, 6) is -0.220. The molecule has 0 radical (unpaired) electrons. The molecule has 1 aromatic carbocycles. The zero-order chi connectivity index (χ0) is 12.3. The first kappa shape index (κ1) is 12.5. The fraction of sp³-hybridized carbons (Fsp3) is 0.538. The molecule has 0 aliphatic carbocycles. The fourth-order valence-corrected chi connectivity index (χ4v) is 2.19. The SMILES string of the molecule is CNC(c1cc(F)ccc1C)C1COCCO1. The number of rotatable bonds is 3. The molecule has 3 nitrogen and oxygen atoms in total. The van der Waals surface area contributed by atoms with Gasteiger partial charge in [-0.05, 0) is 37.2 Å². The first-order chi connectivity index (χ1) is 8.22. The Kier molecular flexibility index (Phi) is 4.10. The smallest absolute Gasteiger partial charge is 0.123 e. The highest BCUT2D eigenvalue weighted by Crippen LogP contribution is 2.24. The lowest BCUT2D eigenvalue weighted by atomic mass is 9.97. The average molecular weight is 239 g/mol. The normalized spacial score (nSPS) is 22.4. The van der Waals surface area contributed by atoms with Gasteiger partial charge >= 0.3 is 0 Å². The highest BCUT2D eigenvalue weighted by molar-refractivity contribution is 5.30. The molecule has 1 saturated heterocycles. The molecular weight excluding hydrogens is 221 g/mol. The number of benzene rings is 1. The van der Waals surface area contributed by atoms with Crippen molar-refractivity contribution < 1.29 is 13.9 Å². The molecule has 0 aromatic heterocycles. The van der Waals surface area contributed by atoms with Crippen LogP contribution in [0.1, 0.15) is 17.2 Å². The van der Waals surface area contributed by atoms with Crippen molar-refractivity contribution >= 4 is 0 Å². The topological polar surface area (TPSA) is 30.5 Å². The summed E-state index contributed by atoms with van der Waals surface area (Å²) in [5.41, 5.74) is 1.99. The minimum absolute atomic E-state index is 0.0361. The van der Waals surface area contributed by atoms with Crippen LogP contribution in [0.4, 0.5) is 4.39 Å². The van der Waals surface area contributed by atoms with Crippen LogP contribution >= 0.6 is 0 Å². The molecule has 0 saturated carbocycles. The molecule has 2 unspecified atom stereocenters. The van der Waals surface area contributed by atoms with Gasteiger partial charge in [0.05, 0.1) is 25.9 Å². The van der Waals surface area contributed by atoms with E-state index in [0.717, 1.165) is 11.1 Å². The van der Waals surface area contributed by atoms with Crippen molar-refractivity contribution in [2.24, 2.45) is 0 Å². The van der Waals surface area contributed by atoms with E-state index < -0.39 is 0 Å². The van der Waals surface area contributed by atoms with Gasteiger partial charge in [0.2, 0.25) is 0 Å². The molecule has 94 valence electrons. The number of hydrogen-bond donors (Lipinski definition) is 1. The highest BCUT2D eigenvalue weighted by Gasteiger charge is 2.26. The van der Waals surface area contributed by atoms with Crippen molar-refractivity contribution in [1.29, 1.82) is 0 Å². The van der Waals surface area contributed by atoms with E-state index in [0.29, 0.717) is 19.8 Å². The maximum absolute atomic E-state index is 13.3. The Labute approximate surface area is 101 Å². The van der Waals surface area contributed by atoms with Gasteiger partial charge in [0, 0.05) is 0 Å². The lowest BCUT2D eigenvalue weighted by Crippen LogP contribution is -2.39. The van der Waals surface area contributed by atoms with Gasteiger partial charge in [-0.2, -0.15) is 0 Å².